The highest BCUT2D eigenvalue weighted by Crippen LogP contribution is 2.40. The molecular weight excluding hydrogens is 292 g/mol. The minimum atomic E-state index is -0.696. The number of nitrogens with one attached hydrogen (secondary N) is 1. The van der Waals surface area contributed by atoms with Crippen molar-refractivity contribution >= 4 is 34.5 Å². The second kappa shape index (κ2) is 4.64. The number of carbonyl (C=O) groups is 3. The van der Waals surface area contributed by atoms with Gasteiger partial charge in [0.15, 0.2) is 0 Å². The van der Waals surface area contributed by atoms with E-state index in [2.05, 4.69) is 5.32 Å². The van der Waals surface area contributed by atoms with Crippen LogP contribution in [0, 0.1) is 6.92 Å². The number of carbonyl (C=O) groups excluding carboxylic acids is 3. The third-order valence-corrected chi connectivity index (χ3v) is 4.03. The van der Waals surface area contributed by atoms with Crippen molar-refractivity contribution in [3.63, 3.8) is 0 Å². The molecule has 5 heteroatoms. The van der Waals surface area contributed by atoms with Crippen LogP contribution < -0.4 is 10.2 Å². The van der Waals surface area contributed by atoms with Gasteiger partial charge in [0.05, 0.1) is 16.9 Å². The number of hydrogen-bond acceptors (Lipinski definition) is 3. The summed E-state index contributed by atoms with van der Waals surface area (Å²) in [6, 6.07) is 14.1. The second-order valence-corrected chi connectivity index (χ2v) is 5.53. The number of Topliss-reactive ketones (excluding diaryl/α,β-unsaturated/α-hetero) is 1. The summed E-state index contributed by atoms with van der Waals surface area (Å²) in [7, 11) is 0. The van der Waals surface area contributed by atoms with Crippen LogP contribution in [0.25, 0.3) is 5.57 Å². The minimum absolute atomic E-state index is 0.0996. The molecule has 2 aromatic rings. The number of rotatable bonds is 1. The maximum Gasteiger partial charge on any atom is 0.304 e. The zero-order chi connectivity index (χ0) is 16.1. The molecule has 1 N–H and O–H groups in total. The molecule has 0 fully saturated rings. The summed E-state index contributed by atoms with van der Waals surface area (Å²) in [5.41, 5.74) is 2.90. The lowest BCUT2D eigenvalue weighted by Gasteiger charge is -2.27. The zero-order valence-electron chi connectivity index (χ0n) is 12.3. The van der Waals surface area contributed by atoms with Crippen molar-refractivity contribution in [2.75, 3.05) is 10.2 Å². The number of anilines is 2. The lowest BCUT2D eigenvalue weighted by atomic mass is 10.00. The van der Waals surface area contributed by atoms with E-state index in [1.807, 2.05) is 19.1 Å². The maximum atomic E-state index is 12.5. The van der Waals surface area contributed by atoms with E-state index >= 15 is 0 Å². The molecule has 0 atom stereocenters. The van der Waals surface area contributed by atoms with E-state index in [4.69, 9.17) is 0 Å². The molecule has 0 bridgehead atoms. The Morgan fingerprint density at radius 3 is 2.35 bits per heavy atom. The second-order valence-electron chi connectivity index (χ2n) is 5.53. The molecule has 23 heavy (non-hydrogen) atoms. The molecular formula is C18H12N2O3. The van der Waals surface area contributed by atoms with E-state index < -0.39 is 17.6 Å². The van der Waals surface area contributed by atoms with Gasteiger partial charge in [-0.25, -0.2) is 0 Å². The first-order valence-corrected chi connectivity index (χ1v) is 7.18. The van der Waals surface area contributed by atoms with E-state index in [1.165, 1.54) is 4.90 Å². The summed E-state index contributed by atoms with van der Waals surface area (Å²) in [5.74, 6) is -1.80. The van der Waals surface area contributed by atoms with Gasteiger partial charge < -0.3 is 5.32 Å². The topological polar surface area (TPSA) is 66.5 Å². The van der Waals surface area contributed by atoms with Gasteiger partial charge >= 0.3 is 5.91 Å². The Bertz CT molecular complexity index is 910. The normalized spacial score (nSPS) is 16.4. The molecule has 0 radical (unpaired) electrons. The van der Waals surface area contributed by atoms with Gasteiger partial charge in [0.1, 0.15) is 5.70 Å². The van der Waals surface area contributed by atoms with Gasteiger partial charge in [0.2, 0.25) is 0 Å². The molecule has 4 rings (SSSR count). The average Bonchev–Trinajstić information content (AvgIpc) is 2.82. The fraction of sp³-hybridized carbons (Fsp3) is 0.0556. The first-order chi connectivity index (χ1) is 11.1. The highest BCUT2D eigenvalue weighted by molar-refractivity contribution is 6.63. The largest absolute Gasteiger partial charge is 0.319 e. The molecule has 112 valence electrons. The lowest BCUT2D eigenvalue weighted by molar-refractivity contribution is -0.132. The Hall–Kier alpha value is -3.21. The predicted molar refractivity (Wildman–Crippen MR) is 85.7 cm³/mol. The van der Waals surface area contributed by atoms with Crippen LogP contribution in [0.1, 0.15) is 11.1 Å². The Labute approximate surface area is 132 Å². The number of benzene rings is 2. The van der Waals surface area contributed by atoms with E-state index in [-0.39, 0.29) is 11.3 Å². The fourth-order valence-corrected chi connectivity index (χ4v) is 2.92. The van der Waals surface area contributed by atoms with E-state index in [0.717, 1.165) is 5.56 Å². The number of para-hydroxylation sites is 2. The summed E-state index contributed by atoms with van der Waals surface area (Å²) >= 11 is 0. The number of aryl methyl sites for hydroxylation is 1. The Kier molecular flexibility index (Phi) is 2.72. The molecule has 2 amide bonds. The lowest BCUT2D eigenvalue weighted by Crippen LogP contribution is -2.37. The third-order valence-electron chi connectivity index (χ3n) is 4.03. The molecule has 0 aromatic heterocycles. The molecule has 0 saturated heterocycles. The van der Waals surface area contributed by atoms with Crippen molar-refractivity contribution < 1.29 is 14.4 Å². The van der Waals surface area contributed by atoms with Crippen molar-refractivity contribution in [3.05, 3.63) is 65.4 Å². The molecule has 2 aromatic carbocycles. The molecule has 0 aliphatic carbocycles. The predicted octanol–water partition coefficient (Wildman–Crippen LogP) is 2.27. The van der Waals surface area contributed by atoms with Crippen LogP contribution in [0.3, 0.4) is 0 Å². The average molecular weight is 304 g/mol. The number of hydrogen-bond donors (Lipinski definition) is 1. The molecule has 0 spiro atoms. The van der Waals surface area contributed by atoms with Crippen LogP contribution in [0.2, 0.25) is 0 Å². The summed E-state index contributed by atoms with van der Waals surface area (Å²) in [6.45, 7) is 1.93. The van der Waals surface area contributed by atoms with Crippen LogP contribution in [0.15, 0.2) is 54.2 Å². The standard InChI is InChI=1S/C18H12N2O3/c1-10-6-8-11(9-7-10)14-15-17(22)19-12-4-2-3-5-13(12)20(15)18(23)16(14)21/h2-9H,1H3,(H,19,22). The van der Waals surface area contributed by atoms with Gasteiger partial charge in [-0.3, -0.25) is 19.3 Å². The van der Waals surface area contributed by atoms with Gasteiger partial charge in [0, 0.05) is 0 Å². The van der Waals surface area contributed by atoms with E-state index in [9.17, 15) is 14.4 Å². The SMILES string of the molecule is Cc1ccc(C2=C3C(=O)Nc4ccccc4N3C(=O)C2=O)cc1. The third kappa shape index (κ3) is 1.83. The molecule has 0 saturated carbocycles. The van der Waals surface area contributed by atoms with Crippen LogP contribution in [-0.2, 0) is 14.4 Å². The molecule has 2 aliphatic heterocycles. The number of fused-ring (bicyclic) bond motifs is 3. The quantitative estimate of drug-likeness (QED) is 0.822. The van der Waals surface area contributed by atoms with Gasteiger partial charge in [-0.2, -0.15) is 0 Å². The maximum absolute atomic E-state index is 12.5. The molecule has 0 unspecified atom stereocenters. The van der Waals surface area contributed by atoms with Crippen LogP contribution in [0.5, 0.6) is 0 Å². The van der Waals surface area contributed by atoms with Gasteiger partial charge in [-0.05, 0) is 24.6 Å². The van der Waals surface area contributed by atoms with Crippen molar-refractivity contribution in [2.24, 2.45) is 0 Å². The highest BCUT2D eigenvalue weighted by atomic mass is 16.2. The fourth-order valence-electron chi connectivity index (χ4n) is 2.92. The van der Waals surface area contributed by atoms with Crippen molar-refractivity contribution in [1.82, 2.24) is 0 Å². The van der Waals surface area contributed by atoms with Crippen molar-refractivity contribution in [1.29, 1.82) is 0 Å². The minimum Gasteiger partial charge on any atom is -0.319 e. The van der Waals surface area contributed by atoms with Gasteiger partial charge in [-0.15, -0.1) is 0 Å². The van der Waals surface area contributed by atoms with Crippen molar-refractivity contribution in [3.8, 4) is 0 Å². The van der Waals surface area contributed by atoms with E-state index in [0.29, 0.717) is 16.9 Å². The Morgan fingerprint density at radius 2 is 1.61 bits per heavy atom. The van der Waals surface area contributed by atoms with Crippen LogP contribution >= 0.6 is 0 Å². The Balaban J connectivity index is 1.98. The number of amides is 2. The summed E-state index contributed by atoms with van der Waals surface area (Å²) in [6.07, 6.45) is 0. The number of ketones is 1. The Morgan fingerprint density at radius 1 is 0.913 bits per heavy atom. The summed E-state index contributed by atoms with van der Waals surface area (Å²) in [4.78, 5) is 38.6. The van der Waals surface area contributed by atoms with E-state index in [1.54, 1.807) is 36.4 Å². The number of nitrogens with zero attached hydrogens (tertiary/aromatic N) is 1. The summed E-state index contributed by atoms with van der Waals surface area (Å²) in [5, 5.41) is 2.74. The molecule has 5 nitrogen and oxygen atoms in total. The first-order valence-electron chi connectivity index (χ1n) is 7.18. The highest BCUT2D eigenvalue weighted by Gasteiger charge is 2.46. The first kappa shape index (κ1) is 13.5. The van der Waals surface area contributed by atoms with Gasteiger partial charge in [0.25, 0.3) is 11.7 Å². The smallest absolute Gasteiger partial charge is 0.304 e. The monoisotopic (exact) mass is 304 g/mol. The van der Waals surface area contributed by atoms with Gasteiger partial charge in [-0.1, -0.05) is 42.0 Å². The van der Waals surface area contributed by atoms with Crippen molar-refractivity contribution in [2.45, 2.75) is 6.92 Å². The van der Waals surface area contributed by atoms with Crippen LogP contribution in [-0.4, -0.2) is 17.6 Å². The molecule has 2 aliphatic rings. The van der Waals surface area contributed by atoms with Crippen LogP contribution in [0.4, 0.5) is 11.4 Å². The molecule has 2 heterocycles. The summed E-state index contributed by atoms with van der Waals surface area (Å²) < 4.78 is 0. The zero-order valence-corrected chi connectivity index (χ0v) is 12.3.